The average molecular weight is 496 g/mol. The molecule has 1 aromatic rings. The lowest BCUT2D eigenvalue weighted by Gasteiger charge is -2.44. The molecule has 1 saturated heterocycles. The number of alkyl halides is 2. The SMILES string of the molecule is CC(=O)OC[C@H]1O[C@@H](n2nnc(CCl)c2CCl)[C@@H](OC(C)=O)[C@@H](OC(C)=O)[C@H]1OC(C)=O. The van der Waals surface area contributed by atoms with Gasteiger partial charge in [-0.2, -0.15) is 0 Å². The Balaban J connectivity index is 2.60. The number of hydrogen-bond acceptors (Lipinski definition) is 11. The van der Waals surface area contributed by atoms with Gasteiger partial charge < -0.3 is 23.7 Å². The third-order valence-corrected chi connectivity index (χ3v) is 4.84. The van der Waals surface area contributed by atoms with Crippen LogP contribution in [0.25, 0.3) is 0 Å². The Morgan fingerprint density at radius 2 is 1.44 bits per heavy atom. The van der Waals surface area contributed by atoms with Crippen LogP contribution in [0.2, 0.25) is 0 Å². The molecule has 1 fully saturated rings. The highest BCUT2D eigenvalue weighted by Crippen LogP contribution is 2.35. The van der Waals surface area contributed by atoms with E-state index in [1.165, 1.54) is 11.6 Å². The minimum absolute atomic E-state index is 0.00662. The van der Waals surface area contributed by atoms with E-state index in [2.05, 4.69) is 10.3 Å². The molecule has 32 heavy (non-hydrogen) atoms. The van der Waals surface area contributed by atoms with Crippen molar-refractivity contribution in [1.29, 1.82) is 0 Å². The zero-order valence-corrected chi connectivity index (χ0v) is 19.3. The van der Waals surface area contributed by atoms with Crippen molar-refractivity contribution in [3.63, 3.8) is 0 Å². The normalized spacial score (nSPS) is 25.0. The lowest BCUT2D eigenvalue weighted by molar-refractivity contribution is -0.270. The fourth-order valence-corrected chi connectivity index (χ4v) is 3.68. The molecule has 0 bridgehead atoms. The summed E-state index contributed by atoms with van der Waals surface area (Å²) in [6, 6.07) is 0. The Hall–Kier alpha value is -2.44. The zero-order chi connectivity index (χ0) is 24.0. The molecule has 0 aliphatic carbocycles. The Bertz CT molecular complexity index is 863. The van der Waals surface area contributed by atoms with Crippen molar-refractivity contribution < 1.29 is 42.9 Å². The number of rotatable bonds is 8. The standard InChI is InChI=1S/C18H23Cl2N3O9/c1-8(24)28-7-14-15(29-9(2)25)16(30-10(3)26)17(31-11(4)27)18(32-14)23-13(6-20)12(5-19)21-22-23/h14-18H,5-7H2,1-4H3/t14-,15+,16+,17+,18-/m1/s1. The molecule has 0 radical (unpaired) electrons. The summed E-state index contributed by atoms with van der Waals surface area (Å²) in [6.45, 7) is 4.23. The number of nitrogens with zero attached hydrogens (tertiary/aromatic N) is 3. The predicted molar refractivity (Wildman–Crippen MR) is 106 cm³/mol. The second-order valence-corrected chi connectivity index (χ2v) is 7.32. The molecule has 2 rings (SSSR count). The van der Waals surface area contributed by atoms with Gasteiger partial charge in [0, 0.05) is 27.7 Å². The first-order chi connectivity index (χ1) is 15.1. The third-order valence-electron chi connectivity index (χ3n) is 4.33. The van der Waals surface area contributed by atoms with Crippen LogP contribution in [0.5, 0.6) is 0 Å². The van der Waals surface area contributed by atoms with Crippen LogP contribution in [0.1, 0.15) is 45.3 Å². The van der Waals surface area contributed by atoms with Gasteiger partial charge in [0.25, 0.3) is 0 Å². The first kappa shape index (κ1) is 25.8. The lowest BCUT2D eigenvalue weighted by Crippen LogP contribution is -2.60. The smallest absolute Gasteiger partial charge is 0.303 e. The van der Waals surface area contributed by atoms with Crippen molar-refractivity contribution in [3.05, 3.63) is 11.4 Å². The summed E-state index contributed by atoms with van der Waals surface area (Å²) in [5.74, 6) is -2.89. The summed E-state index contributed by atoms with van der Waals surface area (Å²) in [7, 11) is 0. The van der Waals surface area contributed by atoms with Gasteiger partial charge >= 0.3 is 23.9 Å². The summed E-state index contributed by atoms with van der Waals surface area (Å²) in [5, 5.41) is 7.94. The highest BCUT2D eigenvalue weighted by Gasteiger charge is 2.53. The number of aromatic nitrogens is 3. The van der Waals surface area contributed by atoms with Crippen LogP contribution in [-0.2, 0) is 54.6 Å². The predicted octanol–water partition coefficient (Wildman–Crippen LogP) is 1.01. The molecule has 0 aromatic carbocycles. The molecule has 0 saturated carbocycles. The molecular formula is C18H23Cl2N3O9. The maximum atomic E-state index is 11.9. The number of hydrogen-bond donors (Lipinski definition) is 0. The van der Waals surface area contributed by atoms with E-state index in [0.717, 1.165) is 20.8 Å². The molecule has 0 spiro atoms. The van der Waals surface area contributed by atoms with Crippen molar-refractivity contribution in [1.82, 2.24) is 15.0 Å². The lowest BCUT2D eigenvalue weighted by atomic mass is 9.97. The summed E-state index contributed by atoms with van der Waals surface area (Å²) >= 11 is 11.9. The van der Waals surface area contributed by atoms with Crippen molar-refractivity contribution in [2.24, 2.45) is 0 Å². The molecule has 14 heteroatoms. The molecule has 1 aromatic heterocycles. The van der Waals surface area contributed by atoms with E-state index >= 15 is 0 Å². The molecule has 1 aliphatic heterocycles. The van der Waals surface area contributed by atoms with Gasteiger partial charge in [0.05, 0.1) is 17.5 Å². The van der Waals surface area contributed by atoms with Crippen LogP contribution in [0, 0.1) is 0 Å². The molecule has 0 amide bonds. The fraction of sp³-hybridized carbons (Fsp3) is 0.667. The van der Waals surface area contributed by atoms with Crippen LogP contribution in [0.4, 0.5) is 0 Å². The second-order valence-electron chi connectivity index (χ2n) is 6.78. The van der Waals surface area contributed by atoms with Crippen LogP contribution in [0.3, 0.4) is 0 Å². The van der Waals surface area contributed by atoms with Gasteiger partial charge in [-0.3, -0.25) is 19.2 Å². The molecular weight excluding hydrogens is 473 g/mol. The van der Waals surface area contributed by atoms with Crippen LogP contribution in [-0.4, -0.2) is 69.9 Å². The summed E-state index contributed by atoms with van der Waals surface area (Å²) in [6.07, 6.45) is -6.26. The number of esters is 4. The molecule has 0 unspecified atom stereocenters. The Morgan fingerprint density at radius 3 is 1.94 bits per heavy atom. The quantitative estimate of drug-likeness (QED) is 0.289. The van der Waals surface area contributed by atoms with Crippen molar-refractivity contribution >= 4 is 47.1 Å². The fourth-order valence-electron chi connectivity index (χ4n) is 3.20. The first-order valence-corrected chi connectivity index (χ1v) is 10.5. The topological polar surface area (TPSA) is 145 Å². The molecule has 2 heterocycles. The highest BCUT2D eigenvalue weighted by molar-refractivity contribution is 6.18. The zero-order valence-electron chi connectivity index (χ0n) is 17.8. The second kappa shape index (κ2) is 11.4. The number of halogens is 2. The van der Waals surface area contributed by atoms with E-state index in [4.69, 9.17) is 46.9 Å². The third kappa shape index (κ3) is 6.30. The van der Waals surface area contributed by atoms with Gasteiger partial charge in [-0.1, -0.05) is 5.21 Å². The largest absolute Gasteiger partial charge is 0.463 e. The number of carbonyl (C=O) groups is 4. The van der Waals surface area contributed by atoms with Crippen molar-refractivity contribution in [2.75, 3.05) is 6.61 Å². The van der Waals surface area contributed by atoms with Crippen molar-refractivity contribution in [2.45, 2.75) is 70.1 Å². The number of ether oxygens (including phenoxy) is 5. The number of carbonyl (C=O) groups excluding carboxylic acids is 4. The first-order valence-electron chi connectivity index (χ1n) is 9.44. The van der Waals surface area contributed by atoms with E-state index < -0.39 is 54.5 Å². The Kier molecular flexibility index (Phi) is 9.22. The van der Waals surface area contributed by atoms with E-state index in [0.29, 0.717) is 11.4 Å². The molecule has 12 nitrogen and oxygen atoms in total. The summed E-state index contributed by atoms with van der Waals surface area (Å²) in [5.41, 5.74) is 0.720. The van der Waals surface area contributed by atoms with Gasteiger partial charge in [-0.05, 0) is 0 Å². The molecule has 0 N–H and O–H groups in total. The Labute approximate surface area is 193 Å². The van der Waals surface area contributed by atoms with Gasteiger partial charge in [0.1, 0.15) is 18.4 Å². The van der Waals surface area contributed by atoms with Crippen LogP contribution in [0.15, 0.2) is 0 Å². The summed E-state index contributed by atoms with van der Waals surface area (Å²) in [4.78, 5) is 46.9. The summed E-state index contributed by atoms with van der Waals surface area (Å²) < 4.78 is 28.4. The van der Waals surface area contributed by atoms with E-state index in [-0.39, 0.29) is 18.4 Å². The van der Waals surface area contributed by atoms with Gasteiger partial charge in [-0.15, -0.1) is 28.3 Å². The van der Waals surface area contributed by atoms with Gasteiger partial charge in [0.2, 0.25) is 0 Å². The average Bonchev–Trinajstić information content (AvgIpc) is 3.11. The van der Waals surface area contributed by atoms with Gasteiger partial charge in [-0.25, -0.2) is 4.68 Å². The van der Waals surface area contributed by atoms with E-state index in [9.17, 15) is 19.2 Å². The monoisotopic (exact) mass is 495 g/mol. The van der Waals surface area contributed by atoms with Gasteiger partial charge in [0.15, 0.2) is 24.5 Å². The van der Waals surface area contributed by atoms with E-state index in [1.807, 2.05) is 0 Å². The van der Waals surface area contributed by atoms with Crippen LogP contribution < -0.4 is 0 Å². The van der Waals surface area contributed by atoms with Crippen LogP contribution >= 0.6 is 23.2 Å². The maximum Gasteiger partial charge on any atom is 0.303 e. The minimum Gasteiger partial charge on any atom is -0.463 e. The van der Waals surface area contributed by atoms with Crippen molar-refractivity contribution in [3.8, 4) is 0 Å². The molecule has 5 atom stereocenters. The molecule has 1 aliphatic rings. The molecule has 178 valence electrons. The Morgan fingerprint density at radius 1 is 0.875 bits per heavy atom. The van der Waals surface area contributed by atoms with E-state index in [1.54, 1.807) is 0 Å². The minimum atomic E-state index is -1.33. The highest BCUT2D eigenvalue weighted by atomic mass is 35.5. The maximum absolute atomic E-state index is 11.9.